The third-order valence-corrected chi connectivity index (χ3v) is 8.81. The van der Waals surface area contributed by atoms with E-state index in [1.54, 1.807) is 42.7 Å². The first kappa shape index (κ1) is 24.1. The number of nitrogens with one attached hydrogen (secondary N) is 2. The Hall–Kier alpha value is -2.65. The zero-order valence-electron chi connectivity index (χ0n) is 19.4. The highest BCUT2D eigenvalue weighted by Gasteiger charge is 2.35. The molecule has 1 aliphatic heterocycles. The average Bonchev–Trinajstić information content (AvgIpc) is 3.65. The van der Waals surface area contributed by atoms with E-state index in [2.05, 4.69) is 14.8 Å². The Bertz CT molecular complexity index is 1450. The highest BCUT2D eigenvalue weighted by Crippen LogP contribution is 2.52. The first-order chi connectivity index (χ1) is 16.8. The molecule has 3 N–H and O–H groups in total. The minimum absolute atomic E-state index is 0.139. The lowest BCUT2D eigenvalue weighted by Crippen LogP contribution is -2.34. The summed E-state index contributed by atoms with van der Waals surface area (Å²) < 4.78 is 51.8. The zero-order chi connectivity index (χ0) is 24.7. The van der Waals surface area contributed by atoms with Crippen LogP contribution in [0, 0.1) is 18.7 Å². The summed E-state index contributed by atoms with van der Waals surface area (Å²) in [6.07, 6.45) is 3.19. The number of fused-ring (bicyclic) bond motifs is 2. The van der Waals surface area contributed by atoms with Crippen LogP contribution in [-0.2, 0) is 15.6 Å². The molecule has 5 rings (SSSR count). The Morgan fingerprint density at radius 3 is 2.83 bits per heavy atom. The fraction of sp³-hybridized carbons (Fsp3) is 0.333. The summed E-state index contributed by atoms with van der Waals surface area (Å²) in [6, 6.07) is 9.41. The Morgan fingerprint density at radius 1 is 1.31 bits per heavy atom. The van der Waals surface area contributed by atoms with Gasteiger partial charge in [0.1, 0.15) is 23.9 Å². The molecule has 2 aromatic carbocycles. The second kappa shape index (κ2) is 9.43. The van der Waals surface area contributed by atoms with E-state index in [0.29, 0.717) is 57.8 Å². The SMILES string of the molecule is CCOP1(=O)N=C(c2c(C)c3cc(F)ccc3n(CCC3CC3)c2=O)Nc2ccc(NSO)cc21. The van der Waals surface area contributed by atoms with E-state index in [-0.39, 0.29) is 23.6 Å². The van der Waals surface area contributed by atoms with Crippen LogP contribution in [0.3, 0.4) is 0 Å². The van der Waals surface area contributed by atoms with E-state index in [9.17, 15) is 13.8 Å². The fourth-order valence-corrected chi connectivity index (χ4v) is 6.55. The number of nitrogens with zero attached hydrogens (tertiary/aromatic N) is 2. The van der Waals surface area contributed by atoms with Gasteiger partial charge >= 0.3 is 7.52 Å². The number of hydrogen-bond acceptors (Lipinski definition) is 7. The molecule has 2 heterocycles. The van der Waals surface area contributed by atoms with Crippen LogP contribution in [0.4, 0.5) is 15.8 Å². The number of aromatic nitrogens is 1. The number of benzene rings is 2. The van der Waals surface area contributed by atoms with Crippen molar-refractivity contribution >= 4 is 53.2 Å². The molecule has 35 heavy (non-hydrogen) atoms. The monoisotopic (exact) mass is 516 g/mol. The van der Waals surface area contributed by atoms with Crippen molar-refractivity contribution in [3.05, 3.63) is 63.7 Å². The van der Waals surface area contributed by atoms with Crippen molar-refractivity contribution in [2.75, 3.05) is 16.6 Å². The van der Waals surface area contributed by atoms with Gasteiger partial charge < -0.3 is 23.7 Å². The summed E-state index contributed by atoms with van der Waals surface area (Å²) in [6.45, 7) is 4.13. The molecule has 0 amide bonds. The third kappa shape index (κ3) is 4.51. The van der Waals surface area contributed by atoms with Crippen molar-refractivity contribution in [2.24, 2.45) is 10.7 Å². The molecule has 1 aliphatic carbocycles. The maximum atomic E-state index is 14.2. The van der Waals surface area contributed by atoms with Crippen LogP contribution in [-0.4, -0.2) is 21.6 Å². The standard InChI is InChI=1S/C24H26FN4O4PS/c1-3-33-34(31)21-13-17(28-35-32)7-8-19(21)26-23(27-34)22-14(2)18-12-16(25)6-9-20(18)29(24(22)30)11-10-15-4-5-15/h6-9,12-13,15,28,32H,3-5,10-11H2,1-2H3,(H,26,27,31). The largest absolute Gasteiger partial charge is 0.348 e. The first-order valence-corrected chi connectivity index (χ1v) is 13.9. The van der Waals surface area contributed by atoms with Gasteiger partial charge in [0.2, 0.25) is 0 Å². The topological polar surface area (TPSA) is 105 Å². The van der Waals surface area contributed by atoms with Gasteiger partial charge in [-0.15, -0.1) is 0 Å². The summed E-state index contributed by atoms with van der Waals surface area (Å²) >= 11 is 0.424. The summed E-state index contributed by atoms with van der Waals surface area (Å²) in [5.74, 6) is 0.349. The van der Waals surface area contributed by atoms with Crippen LogP contribution in [0.15, 0.2) is 46.0 Å². The Labute approximate surface area is 206 Å². The van der Waals surface area contributed by atoms with Crippen molar-refractivity contribution in [1.29, 1.82) is 0 Å². The normalized spacial score (nSPS) is 19.3. The van der Waals surface area contributed by atoms with Gasteiger partial charge in [0.15, 0.2) is 0 Å². The Kier molecular flexibility index (Phi) is 6.48. The summed E-state index contributed by atoms with van der Waals surface area (Å²) in [5, 5.41) is 4.10. The molecule has 1 saturated carbocycles. The predicted molar refractivity (Wildman–Crippen MR) is 140 cm³/mol. The minimum Gasteiger partial charge on any atom is -0.339 e. The second-order valence-corrected chi connectivity index (χ2v) is 11.2. The fourth-order valence-electron chi connectivity index (χ4n) is 4.51. The van der Waals surface area contributed by atoms with E-state index in [1.165, 1.54) is 12.1 Å². The van der Waals surface area contributed by atoms with E-state index >= 15 is 0 Å². The van der Waals surface area contributed by atoms with E-state index in [0.717, 1.165) is 19.3 Å². The molecule has 0 saturated heterocycles. The molecule has 1 aromatic heterocycles. The van der Waals surface area contributed by atoms with Crippen molar-refractivity contribution in [3.63, 3.8) is 0 Å². The summed E-state index contributed by atoms with van der Waals surface area (Å²) in [5.41, 5.74) is 2.21. The predicted octanol–water partition coefficient (Wildman–Crippen LogP) is 5.51. The summed E-state index contributed by atoms with van der Waals surface area (Å²) in [4.78, 5) is 13.8. The van der Waals surface area contributed by atoms with Crippen molar-refractivity contribution in [1.82, 2.24) is 4.57 Å². The van der Waals surface area contributed by atoms with Gasteiger partial charge in [0, 0.05) is 17.6 Å². The Balaban J connectivity index is 1.70. The number of hydrogen-bond donors (Lipinski definition) is 3. The highest BCUT2D eigenvalue weighted by molar-refractivity contribution is 7.95. The molecule has 0 bridgehead atoms. The van der Waals surface area contributed by atoms with E-state index < -0.39 is 13.3 Å². The van der Waals surface area contributed by atoms with Gasteiger partial charge in [-0.3, -0.25) is 9.36 Å². The van der Waals surface area contributed by atoms with Gasteiger partial charge in [-0.25, -0.2) is 4.39 Å². The van der Waals surface area contributed by atoms with Crippen LogP contribution in [0.25, 0.3) is 10.9 Å². The lowest BCUT2D eigenvalue weighted by molar-refractivity contribution is 0.341. The number of anilines is 2. The molecule has 1 atom stereocenters. The van der Waals surface area contributed by atoms with Crippen LogP contribution in [0.5, 0.6) is 0 Å². The molecular weight excluding hydrogens is 490 g/mol. The highest BCUT2D eigenvalue weighted by atomic mass is 32.2. The smallest absolute Gasteiger partial charge is 0.339 e. The molecule has 0 spiro atoms. The molecule has 1 unspecified atom stereocenters. The van der Waals surface area contributed by atoms with Crippen LogP contribution in [0.2, 0.25) is 0 Å². The molecule has 184 valence electrons. The van der Waals surface area contributed by atoms with E-state index in [1.807, 2.05) is 0 Å². The van der Waals surface area contributed by atoms with E-state index in [4.69, 9.17) is 9.08 Å². The minimum atomic E-state index is -3.75. The molecule has 8 nitrogen and oxygen atoms in total. The number of rotatable bonds is 8. The molecule has 0 radical (unpaired) electrons. The van der Waals surface area contributed by atoms with Gasteiger partial charge in [0.25, 0.3) is 5.56 Å². The number of halogens is 1. The molecule has 2 aliphatic rings. The van der Waals surface area contributed by atoms with Crippen LogP contribution < -0.4 is 20.9 Å². The van der Waals surface area contributed by atoms with Gasteiger partial charge in [-0.1, -0.05) is 12.8 Å². The second-order valence-electron chi connectivity index (χ2n) is 8.79. The van der Waals surface area contributed by atoms with Crippen molar-refractivity contribution in [2.45, 2.75) is 39.7 Å². The lowest BCUT2D eigenvalue weighted by atomic mass is 10.0. The quantitative estimate of drug-likeness (QED) is 0.206. The molecule has 1 fully saturated rings. The van der Waals surface area contributed by atoms with Crippen molar-refractivity contribution in [3.8, 4) is 0 Å². The number of pyridine rings is 1. The molecule has 11 heteroatoms. The van der Waals surface area contributed by atoms with Crippen LogP contribution >= 0.6 is 19.7 Å². The third-order valence-electron chi connectivity index (χ3n) is 6.44. The maximum absolute atomic E-state index is 14.2. The van der Waals surface area contributed by atoms with Crippen molar-refractivity contribution < 1.29 is 18.0 Å². The Morgan fingerprint density at radius 2 is 2.11 bits per heavy atom. The van der Waals surface area contributed by atoms with Gasteiger partial charge in [0.05, 0.1) is 28.7 Å². The zero-order valence-corrected chi connectivity index (χ0v) is 21.1. The number of aryl methyl sites for hydroxylation is 2. The van der Waals surface area contributed by atoms with Gasteiger partial charge in [-0.2, -0.15) is 4.76 Å². The van der Waals surface area contributed by atoms with Crippen LogP contribution in [0.1, 0.15) is 37.3 Å². The lowest BCUT2D eigenvalue weighted by Gasteiger charge is -2.26. The first-order valence-electron chi connectivity index (χ1n) is 11.5. The molecular formula is C24H26FN4O4PS. The number of amidine groups is 1. The van der Waals surface area contributed by atoms with Gasteiger partial charge in [-0.05, 0) is 68.1 Å². The molecule has 3 aromatic rings. The average molecular weight is 517 g/mol. The maximum Gasteiger partial charge on any atom is 0.348 e. The summed E-state index contributed by atoms with van der Waals surface area (Å²) in [7, 11) is -3.75.